The van der Waals surface area contributed by atoms with Crippen LogP contribution < -0.4 is 12.4 Å². The molecule has 0 aromatic heterocycles. The SMILES string of the molecule is CC1=CC(C)=C([CH-]C2=C(C)C=C(C)C2C)C1C.C[SiH]C.[Cl-].[Zr+2]. The smallest absolute Gasteiger partial charge is 1.00 e. The van der Waals surface area contributed by atoms with Crippen LogP contribution in [0, 0.1) is 18.3 Å². The topological polar surface area (TPSA) is 0 Å². The molecule has 2 rings (SSSR count). The molecular weight excluding hydrogens is 383 g/mol. The van der Waals surface area contributed by atoms with Gasteiger partial charge in [0.05, 0.1) is 0 Å². The predicted octanol–water partition coefficient (Wildman–Crippen LogP) is 2.54. The zero-order valence-electron chi connectivity index (χ0n) is 15.3. The van der Waals surface area contributed by atoms with Crippen molar-refractivity contribution in [3.63, 3.8) is 0 Å². The van der Waals surface area contributed by atoms with Crippen molar-refractivity contribution in [1.82, 2.24) is 0 Å². The molecule has 0 N–H and O–H groups in total. The van der Waals surface area contributed by atoms with E-state index in [0.717, 1.165) is 9.52 Å². The molecule has 0 saturated heterocycles. The number of allylic oxidation sites excluding steroid dienone is 8. The van der Waals surface area contributed by atoms with Gasteiger partial charge < -0.3 is 12.4 Å². The number of hydrogen-bond donors (Lipinski definition) is 0. The first kappa shape index (κ1) is 24.5. The maximum absolute atomic E-state index is 2.43. The largest absolute Gasteiger partial charge is 2.00 e. The Morgan fingerprint density at radius 1 is 0.818 bits per heavy atom. The summed E-state index contributed by atoms with van der Waals surface area (Å²) in [4.78, 5) is 0. The Morgan fingerprint density at radius 3 is 1.27 bits per heavy atom. The van der Waals surface area contributed by atoms with E-state index in [0.29, 0.717) is 11.8 Å². The van der Waals surface area contributed by atoms with E-state index >= 15 is 0 Å². The second-order valence-electron chi connectivity index (χ2n) is 6.22. The van der Waals surface area contributed by atoms with E-state index in [-0.39, 0.29) is 38.6 Å². The van der Waals surface area contributed by atoms with E-state index in [1.807, 2.05) is 0 Å². The standard InChI is InChI=1S/C17H23.C2H7Si.ClH.Zr/c1-10-7-12(3)16(14(10)5)9-17-13(4)8-11(2)15(17)6;1-3-2;;/h7-9,14-15H,1-6H3;3H,1-2H3;1H;/q-1;;;+2/p-1. The molecule has 0 aromatic carbocycles. The van der Waals surface area contributed by atoms with Gasteiger partial charge in [-0.2, -0.15) is 6.42 Å². The third-order valence-electron chi connectivity index (χ3n) is 4.41. The summed E-state index contributed by atoms with van der Waals surface area (Å²) in [5, 5.41) is 0. The van der Waals surface area contributed by atoms with Crippen LogP contribution in [-0.2, 0) is 26.2 Å². The summed E-state index contributed by atoms with van der Waals surface area (Å²) in [6, 6.07) is 0. The molecule has 0 saturated carbocycles. The van der Waals surface area contributed by atoms with Crippen molar-refractivity contribution in [3.8, 4) is 0 Å². The summed E-state index contributed by atoms with van der Waals surface area (Å²) in [5.41, 5.74) is 8.86. The molecule has 1 radical (unpaired) electrons. The summed E-state index contributed by atoms with van der Waals surface area (Å²) in [6.07, 6.45) is 7.08. The van der Waals surface area contributed by atoms with E-state index in [1.54, 1.807) is 0 Å². The fourth-order valence-electron chi connectivity index (χ4n) is 2.92. The van der Waals surface area contributed by atoms with Gasteiger partial charge in [-0.15, -0.1) is 34.4 Å². The van der Waals surface area contributed by atoms with Crippen LogP contribution in [0.15, 0.2) is 45.6 Å². The Labute approximate surface area is 166 Å². The van der Waals surface area contributed by atoms with Crippen molar-refractivity contribution in [2.45, 2.75) is 54.6 Å². The number of hydrogen-bond acceptors (Lipinski definition) is 0. The zero-order valence-corrected chi connectivity index (χ0v) is 19.7. The molecular formula is C19H30ClSiZr. The third kappa shape index (κ3) is 5.69. The first-order chi connectivity index (χ1) is 9.33. The molecule has 0 aliphatic heterocycles. The van der Waals surface area contributed by atoms with Crippen LogP contribution in [0.2, 0.25) is 13.1 Å². The second-order valence-corrected chi connectivity index (χ2v) is 7.37. The minimum atomic E-state index is 0. The Balaban J connectivity index is 0. The number of halogens is 1. The maximum Gasteiger partial charge on any atom is 2.00 e. The van der Waals surface area contributed by atoms with Crippen LogP contribution in [0.1, 0.15) is 41.5 Å². The minimum Gasteiger partial charge on any atom is -1.00 e. The second kappa shape index (κ2) is 10.9. The van der Waals surface area contributed by atoms with Gasteiger partial charge in [0.15, 0.2) is 0 Å². The summed E-state index contributed by atoms with van der Waals surface area (Å²) in [6.45, 7) is 18.0. The molecule has 2 aliphatic carbocycles. The van der Waals surface area contributed by atoms with Crippen LogP contribution in [0.5, 0.6) is 0 Å². The number of rotatable bonds is 2. The summed E-state index contributed by atoms with van der Waals surface area (Å²) in [7, 11) is 0.750. The van der Waals surface area contributed by atoms with Gasteiger partial charge in [0.1, 0.15) is 0 Å². The molecule has 2 unspecified atom stereocenters. The van der Waals surface area contributed by atoms with Gasteiger partial charge in [-0.25, -0.2) is 0 Å². The molecule has 22 heavy (non-hydrogen) atoms. The van der Waals surface area contributed by atoms with Gasteiger partial charge in [-0.1, -0.05) is 51.9 Å². The summed E-state index contributed by atoms with van der Waals surface area (Å²) >= 11 is 0. The van der Waals surface area contributed by atoms with Crippen LogP contribution in [0.3, 0.4) is 0 Å². The fraction of sp³-hybridized carbons (Fsp3) is 0.526. The zero-order chi connectivity index (χ0) is 15.4. The molecule has 3 heteroatoms. The molecule has 121 valence electrons. The predicted molar refractivity (Wildman–Crippen MR) is 94.4 cm³/mol. The Morgan fingerprint density at radius 2 is 1.09 bits per heavy atom. The summed E-state index contributed by atoms with van der Waals surface area (Å²) in [5.74, 6) is 1.17. The molecule has 0 bridgehead atoms. The van der Waals surface area contributed by atoms with Gasteiger partial charge in [-0.05, 0) is 25.7 Å². The van der Waals surface area contributed by atoms with Gasteiger partial charge in [0, 0.05) is 9.52 Å². The van der Waals surface area contributed by atoms with Crippen molar-refractivity contribution in [1.29, 1.82) is 0 Å². The van der Waals surface area contributed by atoms with Crippen LogP contribution in [0.25, 0.3) is 0 Å². The van der Waals surface area contributed by atoms with E-state index in [2.05, 4.69) is 73.2 Å². The summed E-state index contributed by atoms with van der Waals surface area (Å²) < 4.78 is 0. The van der Waals surface area contributed by atoms with E-state index < -0.39 is 0 Å². The average molecular weight is 413 g/mol. The fourth-order valence-corrected chi connectivity index (χ4v) is 2.92. The monoisotopic (exact) mass is 411 g/mol. The van der Waals surface area contributed by atoms with Gasteiger partial charge in [-0.3, -0.25) is 0 Å². The molecule has 0 spiro atoms. The molecule has 2 atom stereocenters. The van der Waals surface area contributed by atoms with E-state index in [1.165, 1.54) is 33.4 Å². The van der Waals surface area contributed by atoms with Crippen molar-refractivity contribution < 1.29 is 38.6 Å². The van der Waals surface area contributed by atoms with Gasteiger partial charge >= 0.3 is 26.2 Å². The van der Waals surface area contributed by atoms with E-state index in [4.69, 9.17) is 0 Å². The van der Waals surface area contributed by atoms with Crippen LogP contribution >= 0.6 is 0 Å². The van der Waals surface area contributed by atoms with Crippen molar-refractivity contribution in [2.75, 3.05) is 0 Å². The van der Waals surface area contributed by atoms with Crippen molar-refractivity contribution in [2.24, 2.45) is 11.8 Å². The molecule has 0 amide bonds. The third-order valence-corrected chi connectivity index (χ3v) is 4.41. The molecule has 0 nitrogen and oxygen atoms in total. The maximum atomic E-state index is 2.43. The Kier molecular flexibility index (Phi) is 12.1. The average Bonchev–Trinajstić information content (AvgIpc) is 2.74. The van der Waals surface area contributed by atoms with Crippen LogP contribution in [0.4, 0.5) is 0 Å². The molecule has 2 aliphatic rings. The first-order valence-corrected chi connectivity index (χ1v) is 10.0. The van der Waals surface area contributed by atoms with E-state index in [9.17, 15) is 0 Å². The Hall–Kier alpha value is 0.220. The quantitative estimate of drug-likeness (QED) is 0.483. The van der Waals surface area contributed by atoms with Gasteiger partial charge in [0.2, 0.25) is 0 Å². The molecule has 0 heterocycles. The van der Waals surface area contributed by atoms with Crippen LogP contribution in [-0.4, -0.2) is 9.52 Å². The molecule has 0 fully saturated rings. The normalized spacial score (nSPS) is 23.1. The molecule has 0 aromatic rings. The first-order valence-electron chi connectivity index (χ1n) is 7.70. The van der Waals surface area contributed by atoms with Gasteiger partial charge in [0.25, 0.3) is 0 Å². The van der Waals surface area contributed by atoms with Crippen molar-refractivity contribution in [3.05, 3.63) is 52.0 Å². The minimum absolute atomic E-state index is 0. The van der Waals surface area contributed by atoms with Crippen molar-refractivity contribution >= 4 is 9.52 Å². The Bertz CT molecular complexity index is 454.